The molecule has 1 aliphatic heterocycles. The number of phosphoric ester groups is 1. The summed E-state index contributed by atoms with van der Waals surface area (Å²) >= 11 is 0. The van der Waals surface area contributed by atoms with Crippen LogP contribution < -0.4 is 4.89 Å². The molecule has 0 aromatic rings. The van der Waals surface area contributed by atoms with Gasteiger partial charge in [0.15, 0.2) is 6.29 Å². The van der Waals surface area contributed by atoms with Gasteiger partial charge >= 0.3 is 0 Å². The van der Waals surface area contributed by atoms with Gasteiger partial charge in [0, 0.05) is 0 Å². The van der Waals surface area contributed by atoms with Crippen LogP contribution in [0.4, 0.5) is 0 Å². The summed E-state index contributed by atoms with van der Waals surface area (Å²) in [5, 5.41) is 36.5. The van der Waals surface area contributed by atoms with E-state index in [1.54, 1.807) is 0 Å². The molecule has 4 unspecified atom stereocenters. The molecule has 1 saturated heterocycles. The molecule has 0 aromatic carbocycles. The number of aliphatic hydroxyl groups is 4. The molecule has 6 atom stereocenters. The standard InChI is InChI=1S/C6H13O9P/c7-1-2-3(8)4(9)5(10)6(14-2)15-16(11,12)13/h2-10H,1H2,(H2,11,12,13)/p-1/t2?,3-,4?,5?,6-/m1/s1. The average Bonchev–Trinajstić information content (AvgIpc) is 2.17. The molecule has 0 amide bonds. The van der Waals surface area contributed by atoms with Gasteiger partial charge in [-0.3, -0.25) is 9.09 Å². The Balaban J connectivity index is 2.75. The Labute approximate surface area is 90.1 Å². The molecule has 0 bridgehead atoms. The molecule has 1 rings (SSSR count). The summed E-state index contributed by atoms with van der Waals surface area (Å²) < 4.78 is 19.0. The van der Waals surface area contributed by atoms with Gasteiger partial charge in [-0.1, -0.05) is 0 Å². The maximum Gasteiger partial charge on any atom is 0.267 e. The van der Waals surface area contributed by atoms with Gasteiger partial charge in [-0.15, -0.1) is 0 Å². The van der Waals surface area contributed by atoms with E-state index >= 15 is 0 Å². The van der Waals surface area contributed by atoms with E-state index in [1.807, 2.05) is 0 Å². The summed E-state index contributed by atoms with van der Waals surface area (Å²) in [6.07, 6.45) is -8.43. The molecule has 9 nitrogen and oxygen atoms in total. The number of ether oxygens (including phenoxy) is 1. The fourth-order valence-corrected chi connectivity index (χ4v) is 1.72. The largest absolute Gasteiger partial charge is 0.756 e. The molecule has 1 aliphatic rings. The maximum absolute atomic E-state index is 10.4. The fraction of sp³-hybridized carbons (Fsp3) is 1.00. The van der Waals surface area contributed by atoms with Crippen LogP contribution in [0.3, 0.4) is 0 Å². The van der Waals surface area contributed by atoms with Crippen molar-refractivity contribution in [3.63, 3.8) is 0 Å². The number of hydrogen-bond donors (Lipinski definition) is 5. The lowest BCUT2D eigenvalue weighted by Gasteiger charge is -2.40. The highest BCUT2D eigenvalue weighted by Crippen LogP contribution is 2.36. The molecular weight excluding hydrogens is 247 g/mol. The summed E-state index contributed by atoms with van der Waals surface area (Å²) in [5.74, 6) is 0. The number of hydrogen-bond acceptors (Lipinski definition) is 8. The molecule has 1 fully saturated rings. The number of aliphatic hydroxyl groups excluding tert-OH is 4. The van der Waals surface area contributed by atoms with Crippen LogP contribution in [0.1, 0.15) is 0 Å². The van der Waals surface area contributed by atoms with E-state index in [0.29, 0.717) is 0 Å². The fourth-order valence-electron chi connectivity index (χ4n) is 1.29. The molecule has 96 valence electrons. The van der Waals surface area contributed by atoms with Crippen LogP contribution in [0.15, 0.2) is 0 Å². The Bertz CT molecular complexity index is 275. The van der Waals surface area contributed by atoms with E-state index in [9.17, 15) is 24.8 Å². The van der Waals surface area contributed by atoms with Crippen LogP contribution in [-0.2, 0) is 13.8 Å². The Morgan fingerprint density at radius 3 is 2.25 bits per heavy atom. The lowest BCUT2D eigenvalue weighted by molar-refractivity contribution is -0.302. The van der Waals surface area contributed by atoms with Crippen LogP contribution >= 0.6 is 7.82 Å². The minimum Gasteiger partial charge on any atom is -0.756 e. The monoisotopic (exact) mass is 259 g/mol. The number of phosphoric acid groups is 1. The third-order valence-corrected chi connectivity index (χ3v) is 2.56. The van der Waals surface area contributed by atoms with Gasteiger partial charge in [0.2, 0.25) is 0 Å². The van der Waals surface area contributed by atoms with Crippen molar-refractivity contribution in [2.24, 2.45) is 0 Å². The van der Waals surface area contributed by atoms with E-state index in [0.717, 1.165) is 0 Å². The zero-order valence-electron chi connectivity index (χ0n) is 7.91. The molecule has 10 heteroatoms. The minimum atomic E-state index is -5.16. The molecule has 0 spiro atoms. The van der Waals surface area contributed by atoms with Crippen LogP contribution in [0.5, 0.6) is 0 Å². The smallest absolute Gasteiger partial charge is 0.267 e. The lowest BCUT2D eigenvalue weighted by atomic mass is 10.00. The van der Waals surface area contributed by atoms with Crippen molar-refractivity contribution in [2.75, 3.05) is 6.61 Å². The Morgan fingerprint density at radius 2 is 1.81 bits per heavy atom. The molecular formula is C6H12O9P-. The predicted octanol–water partition coefficient (Wildman–Crippen LogP) is -3.74. The van der Waals surface area contributed by atoms with Crippen LogP contribution in [0.25, 0.3) is 0 Å². The van der Waals surface area contributed by atoms with E-state index in [1.165, 1.54) is 0 Å². The van der Waals surface area contributed by atoms with Gasteiger partial charge in [-0.2, -0.15) is 0 Å². The van der Waals surface area contributed by atoms with Gasteiger partial charge in [0.25, 0.3) is 7.82 Å². The molecule has 0 aromatic heterocycles. The molecule has 0 aliphatic carbocycles. The zero-order chi connectivity index (χ0) is 12.5. The number of rotatable bonds is 3. The molecule has 5 N–H and O–H groups in total. The van der Waals surface area contributed by atoms with Gasteiger partial charge in [0.05, 0.1) is 6.61 Å². The SMILES string of the molecule is O=P([O-])(O)O[C@H]1OC(CO)[C@@H](O)C(O)C1O. The van der Waals surface area contributed by atoms with E-state index in [2.05, 4.69) is 9.26 Å². The first-order chi connectivity index (χ1) is 7.26. The van der Waals surface area contributed by atoms with Crippen molar-refractivity contribution in [1.29, 1.82) is 0 Å². The topological polar surface area (TPSA) is 160 Å². The van der Waals surface area contributed by atoms with Crippen LogP contribution in [0, 0.1) is 0 Å². The zero-order valence-corrected chi connectivity index (χ0v) is 8.80. The maximum atomic E-state index is 10.4. The normalized spacial score (nSPS) is 44.0. The van der Waals surface area contributed by atoms with Crippen molar-refractivity contribution in [3.05, 3.63) is 0 Å². The molecule has 0 saturated carbocycles. The van der Waals surface area contributed by atoms with Crippen molar-refractivity contribution < 1.29 is 44.0 Å². The summed E-state index contributed by atoms with van der Waals surface area (Å²) in [7, 11) is -5.16. The highest BCUT2D eigenvalue weighted by atomic mass is 31.2. The second-order valence-electron chi connectivity index (χ2n) is 3.27. The lowest BCUT2D eigenvalue weighted by Crippen LogP contribution is -2.59. The third kappa shape index (κ3) is 3.20. The molecule has 1 heterocycles. The van der Waals surface area contributed by atoms with Crippen molar-refractivity contribution >= 4 is 7.82 Å². The molecule has 0 radical (unpaired) electrons. The quantitative estimate of drug-likeness (QED) is 0.321. The highest BCUT2D eigenvalue weighted by Gasteiger charge is 2.45. The first-order valence-electron chi connectivity index (χ1n) is 4.29. The summed E-state index contributed by atoms with van der Waals surface area (Å²) in [5.41, 5.74) is 0. The van der Waals surface area contributed by atoms with Gasteiger partial charge in [-0.05, 0) is 0 Å². The average molecular weight is 259 g/mol. The Morgan fingerprint density at radius 1 is 1.25 bits per heavy atom. The minimum absolute atomic E-state index is 0.723. The predicted molar refractivity (Wildman–Crippen MR) is 44.7 cm³/mol. The van der Waals surface area contributed by atoms with Crippen molar-refractivity contribution in [2.45, 2.75) is 30.7 Å². The Hall–Kier alpha value is -0.0900. The summed E-state index contributed by atoms with van der Waals surface area (Å²) in [4.78, 5) is 18.8. The Kier molecular flexibility index (Phi) is 4.41. The second-order valence-corrected chi connectivity index (χ2v) is 4.42. The molecule has 16 heavy (non-hydrogen) atoms. The van der Waals surface area contributed by atoms with Crippen LogP contribution in [-0.4, -0.2) is 62.6 Å². The van der Waals surface area contributed by atoms with Crippen molar-refractivity contribution in [3.8, 4) is 0 Å². The van der Waals surface area contributed by atoms with Crippen LogP contribution in [0.2, 0.25) is 0 Å². The first-order valence-corrected chi connectivity index (χ1v) is 5.78. The van der Waals surface area contributed by atoms with E-state index in [4.69, 9.17) is 10.00 Å². The van der Waals surface area contributed by atoms with Crippen molar-refractivity contribution in [1.82, 2.24) is 0 Å². The van der Waals surface area contributed by atoms with E-state index < -0.39 is 45.1 Å². The van der Waals surface area contributed by atoms with Gasteiger partial charge < -0.3 is 34.9 Å². The second kappa shape index (κ2) is 5.05. The first kappa shape index (κ1) is 14.0. The third-order valence-electron chi connectivity index (χ3n) is 2.09. The van der Waals surface area contributed by atoms with Gasteiger partial charge in [0.1, 0.15) is 24.4 Å². The van der Waals surface area contributed by atoms with Gasteiger partial charge in [-0.25, -0.2) is 0 Å². The summed E-state index contributed by atoms with van der Waals surface area (Å²) in [6.45, 7) is -0.723. The highest BCUT2D eigenvalue weighted by molar-refractivity contribution is 7.44. The summed E-state index contributed by atoms with van der Waals surface area (Å²) in [6, 6.07) is 0. The van der Waals surface area contributed by atoms with E-state index in [-0.39, 0.29) is 0 Å².